The maximum Gasteiger partial charge on any atom is 0.258 e. The molecule has 0 unspecified atom stereocenters. The summed E-state index contributed by atoms with van der Waals surface area (Å²) in [6.07, 6.45) is 3.53. The summed E-state index contributed by atoms with van der Waals surface area (Å²) in [6.45, 7) is 5.94. The van der Waals surface area contributed by atoms with Crippen LogP contribution in [0.1, 0.15) is 36.5 Å². The van der Waals surface area contributed by atoms with Crippen molar-refractivity contribution in [1.29, 1.82) is 0 Å². The van der Waals surface area contributed by atoms with E-state index in [0.29, 0.717) is 12.3 Å². The highest BCUT2D eigenvalue weighted by atomic mass is 79.9. The van der Waals surface area contributed by atoms with Crippen LogP contribution in [0.2, 0.25) is 0 Å². The van der Waals surface area contributed by atoms with Gasteiger partial charge in [-0.3, -0.25) is 9.69 Å². The second-order valence-electron chi connectivity index (χ2n) is 6.94. The van der Waals surface area contributed by atoms with E-state index in [-0.39, 0.29) is 12.5 Å². The van der Waals surface area contributed by atoms with Gasteiger partial charge < -0.3 is 10.1 Å². The van der Waals surface area contributed by atoms with Crippen molar-refractivity contribution in [3.63, 3.8) is 0 Å². The number of nitrogens with zero attached hydrogens (tertiary/aromatic N) is 1. The fourth-order valence-electron chi connectivity index (χ4n) is 3.34. The van der Waals surface area contributed by atoms with Crippen molar-refractivity contribution < 1.29 is 9.53 Å². The molecule has 1 fully saturated rings. The second kappa shape index (κ2) is 9.90. The Labute approximate surface area is 170 Å². The molecule has 1 aliphatic rings. The average Bonchev–Trinajstić information content (AvgIpc) is 3.19. The average molecular weight is 431 g/mol. The van der Waals surface area contributed by atoms with E-state index in [1.54, 1.807) is 0 Å². The van der Waals surface area contributed by atoms with Crippen molar-refractivity contribution in [2.75, 3.05) is 19.7 Å². The first-order chi connectivity index (χ1) is 13.2. The molecule has 144 valence electrons. The lowest BCUT2D eigenvalue weighted by molar-refractivity contribution is -0.123. The van der Waals surface area contributed by atoms with Crippen molar-refractivity contribution in [2.45, 2.75) is 39.3 Å². The first kappa shape index (κ1) is 19.9. The zero-order chi connectivity index (χ0) is 19.1. The summed E-state index contributed by atoms with van der Waals surface area (Å²) in [6, 6.07) is 14.3. The summed E-state index contributed by atoms with van der Waals surface area (Å²) in [5.41, 5.74) is 3.69. The number of carbonyl (C=O) groups is 1. The normalized spacial score (nSPS) is 14.3. The van der Waals surface area contributed by atoms with E-state index < -0.39 is 0 Å². The zero-order valence-corrected chi connectivity index (χ0v) is 17.4. The lowest BCUT2D eigenvalue weighted by atomic mass is 10.1. The fourth-order valence-corrected chi connectivity index (χ4v) is 3.88. The van der Waals surface area contributed by atoms with Gasteiger partial charge in [0.25, 0.3) is 5.91 Å². The number of likely N-dealkylation sites (tertiary alicyclic amines) is 1. The topological polar surface area (TPSA) is 41.6 Å². The quantitative estimate of drug-likeness (QED) is 0.678. The molecule has 1 N–H and O–H groups in total. The van der Waals surface area contributed by atoms with E-state index in [4.69, 9.17) is 4.74 Å². The molecule has 3 rings (SSSR count). The van der Waals surface area contributed by atoms with Crippen molar-refractivity contribution in [1.82, 2.24) is 10.2 Å². The number of aryl methyl sites for hydroxylation is 1. The second-order valence-corrected chi connectivity index (χ2v) is 7.79. The van der Waals surface area contributed by atoms with Gasteiger partial charge in [-0.1, -0.05) is 37.3 Å². The van der Waals surface area contributed by atoms with E-state index in [9.17, 15) is 4.79 Å². The summed E-state index contributed by atoms with van der Waals surface area (Å²) in [5, 5.41) is 2.98. The summed E-state index contributed by atoms with van der Waals surface area (Å²) in [7, 11) is 0. The molecular formula is C22H27BrN2O2. The highest BCUT2D eigenvalue weighted by Gasteiger charge is 2.14. The molecule has 2 aromatic carbocycles. The van der Waals surface area contributed by atoms with Crippen molar-refractivity contribution in [3.05, 3.63) is 63.6 Å². The number of benzene rings is 2. The van der Waals surface area contributed by atoms with Gasteiger partial charge in [0.2, 0.25) is 0 Å². The molecule has 1 heterocycles. The molecule has 5 heteroatoms. The zero-order valence-electron chi connectivity index (χ0n) is 15.8. The molecule has 1 saturated heterocycles. The molecule has 2 aromatic rings. The molecule has 4 nitrogen and oxygen atoms in total. The largest absolute Gasteiger partial charge is 0.483 e. The third-order valence-corrected chi connectivity index (χ3v) is 5.57. The Bertz CT molecular complexity index is 773. The van der Waals surface area contributed by atoms with E-state index in [1.807, 2.05) is 24.3 Å². The van der Waals surface area contributed by atoms with Crippen LogP contribution in [-0.4, -0.2) is 30.5 Å². The van der Waals surface area contributed by atoms with Crippen LogP contribution >= 0.6 is 15.9 Å². The van der Waals surface area contributed by atoms with Crippen LogP contribution in [0, 0.1) is 0 Å². The molecule has 1 amide bonds. The molecule has 0 bridgehead atoms. The van der Waals surface area contributed by atoms with Crippen LogP contribution in [0.3, 0.4) is 0 Å². The Morgan fingerprint density at radius 2 is 1.89 bits per heavy atom. The Morgan fingerprint density at radius 1 is 1.15 bits per heavy atom. The van der Waals surface area contributed by atoms with Crippen LogP contribution in [-0.2, 0) is 24.3 Å². The van der Waals surface area contributed by atoms with Gasteiger partial charge in [0.1, 0.15) is 5.75 Å². The first-order valence-electron chi connectivity index (χ1n) is 9.62. The van der Waals surface area contributed by atoms with E-state index in [2.05, 4.69) is 51.3 Å². The van der Waals surface area contributed by atoms with Gasteiger partial charge >= 0.3 is 0 Å². The number of halogens is 1. The predicted molar refractivity (Wildman–Crippen MR) is 112 cm³/mol. The number of hydrogen-bond donors (Lipinski definition) is 1. The van der Waals surface area contributed by atoms with Crippen LogP contribution in [0.5, 0.6) is 5.75 Å². The number of nitrogens with one attached hydrogen (secondary N) is 1. The molecular weight excluding hydrogens is 404 g/mol. The molecule has 0 spiro atoms. The SMILES string of the molecule is CCc1ccc(OCC(=O)NCc2ccccc2CN2CCCC2)c(Br)c1. The van der Waals surface area contributed by atoms with E-state index >= 15 is 0 Å². The predicted octanol–water partition coefficient (Wildman–Crippen LogP) is 4.30. The van der Waals surface area contributed by atoms with Gasteiger partial charge in [-0.15, -0.1) is 0 Å². The van der Waals surface area contributed by atoms with Gasteiger partial charge in [-0.2, -0.15) is 0 Å². The highest BCUT2D eigenvalue weighted by molar-refractivity contribution is 9.10. The van der Waals surface area contributed by atoms with Crippen molar-refractivity contribution >= 4 is 21.8 Å². The van der Waals surface area contributed by atoms with Gasteiger partial charge in [-0.05, 0) is 77.1 Å². The van der Waals surface area contributed by atoms with E-state index in [1.165, 1.54) is 42.6 Å². The van der Waals surface area contributed by atoms with Crippen LogP contribution in [0.25, 0.3) is 0 Å². The third kappa shape index (κ3) is 5.81. The lowest BCUT2D eigenvalue weighted by Crippen LogP contribution is -2.29. The highest BCUT2D eigenvalue weighted by Crippen LogP contribution is 2.26. The summed E-state index contributed by atoms with van der Waals surface area (Å²) >= 11 is 3.50. The van der Waals surface area contributed by atoms with Gasteiger partial charge in [0.15, 0.2) is 6.61 Å². The number of rotatable bonds is 8. The Hall–Kier alpha value is -1.85. The standard InChI is InChI=1S/C22H27BrN2O2/c1-2-17-9-10-21(20(23)13-17)27-16-22(26)24-14-18-7-3-4-8-19(18)15-25-11-5-6-12-25/h3-4,7-10,13H,2,5-6,11-12,14-16H2,1H3,(H,24,26). The summed E-state index contributed by atoms with van der Waals surface area (Å²) in [5.74, 6) is 0.578. The fraction of sp³-hybridized carbons (Fsp3) is 0.409. The summed E-state index contributed by atoms with van der Waals surface area (Å²) in [4.78, 5) is 14.7. The minimum absolute atomic E-state index is 0.0123. The minimum Gasteiger partial charge on any atom is -0.483 e. The molecule has 0 saturated carbocycles. The lowest BCUT2D eigenvalue weighted by Gasteiger charge is -2.18. The monoisotopic (exact) mass is 430 g/mol. The maximum atomic E-state index is 12.2. The number of hydrogen-bond acceptors (Lipinski definition) is 3. The van der Waals surface area contributed by atoms with Crippen LogP contribution in [0.4, 0.5) is 0 Å². The molecule has 0 radical (unpaired) electrons. The maximum absolute atomic E-state index is 12.2. The van der Waals surface area contributed by atoms with Crippen LogP contribution in [0.15, 0.2) is 46.9 Å². The smallest absolute Gasteiger partial charge is 0.258 e. The first-order valence-corrected chi connectivity index (χ1v) is 10.4. The Balaban J connectivity index is 1.50. The molecule has 27 heavy (non-hydrogen) atoms. The van der Waals surface area contributed by atoms with Gasteiger partial charge in [0.05, 0.1) is 4.47 Å². The Morgan fingerprint density at radius 3 is 2.59 bits per heavy atom. The molecule has 0 atom stereocenters. The molecule has 1 aliphatic heterocycles. The molecule has 0 aliphatic carbocycles. The minimum atomic E-state index is -0.113. The molecule has 0 aromatic heterocycles. The third-order valence-electron chi connectivity index (χ3n) is 4.95. The van der Waals surface area contributed by atoms with Crippen molar-refractivity contribution in [2.24, 2.45) is 0 Å². The van der Waals surface area contributed by atoms with Crippen LogP contribution < -0.4 is 10.1 Å². The summed E-state index contributed by atoms with van der Waals surface area (Å²) < 4.78 is 6.54. The number of amides is 1. The van der Waals surface area contributed by atoms with E-state index in [0.717, 1.165) is 17.4 Å². The number of ether oxygens (including phenoxy) is 1. The van der Waals surface area contributed by atoms with Gasteiger partial charge in [-0.25, -0.2) is 0 Å². The van der Waals surface area contributed by atoms with Gasteiger partial charge in [0, 0.05) is 13.1 Å². The number of carbonyl (C=O) groups excluding carboxylic acids is 1. The van der Waals surface area contributed by atoms with Crippen molar-refractivity contribution in [3.8, 4) is 5.75 Å². The Kier molecular flexibility index (Phi) is 7.30.